The Hall–Kier alpha value is -1.30. The van der Waals surface area contributed by atoms with E-state index in [1.807, 2.05) is 13.2 Å². The smallest absolute Gasteiger partial charge is 0.271 e. The summed E-state index contributed by atoms with van der Waals surface area (Å²) in [6.45, 7) is 1.23. The van der Waals surface area contributed by atoms with E-state index in [1.54, 1.807) is 15.5 Å². The van der Waals surface area contributed by atoms with Gasteiger partial charge in [0, 0.05) is 30.8 Å². The molecule has 1 N–H and O–H groups in total. The summed E-state index contributed by atoms with van der Waals surface area (Å²) >= 11 is 3.32. The van der Waals surface area contributed by atoms with E-state index in [0.717, 1.165) is 4.47 Å². The van der Waals surface area contributed by atoms with Gasteiger partial charge in [-0.25, -0.2) is 0 Å². The zero-order valence-corrected chi connectivity index (χ0v) is 10.5. The molecule has 16 heavy (non-hydrogen) atoms. The Morgan fingerprint density at radius 1 is 1.56 bits per heavy atom. The average Bonchev–Trinajstić information content (AvgIpc) is 2.57. The number of hydrogen-bond donors (Lipinski definition) is 1. The van der Waals surface area contributed by atoms with Gasteiger partial charge in [0.15, 0.2) is 0 Å². The van der Waals surface area contributed by atoms with Crippen LogP contribution in [0.2, 0.25) is 0 Å². The molecule has 0 radical (unpaired) electrons. The van der Waals surface area contributed by atoms with Gasteiger partial charge in [-0.2, -0.15) is 0 Å². The average molecular weight is 286 g/mol. The van der Waals surface area contributed by atoms with E-state index in [2.05, 4.69) is 21.2 Å². The predicted molar refractivity (Wildman–Crippen MR) is 62.0 cm³/mol. The minimum atomic E-state index is -0.108. The third-order valence-corrected chi connectivity index (χ3v) is 2.95. The lowest BCUT2D eigenvalue weighted by molar-refractivity contribution is -0.123. The molecule has 1 aromatic heterocycles. The molecule has 2 rings (SSSR count). The molecule has 1 fully saturated rings. The quantitative estimate of drug-likeness (QED) is 0.810. The SMILES string of the molecule is Cn1cc(Br)cc1C(=O)N1CCNC(=O)C1. The number of aromatic nitrogens is 1. The van der Waals surface area contributed by atoms with E-state index < -0.39 is 0 Å². The highest BCUT2D eigenvalue weighted by Gasteiger charge is 2.23. The van der Waals surface area contributed by atoms with Gasteiger partial charge in [0.25, 0.3) is 5.91 Å². The lowest BCUT2D eigenvalue weighted by atomic mass is 10.3. The monoisotopic (exact) mass is 285 g/mol. The molecule has 0 bridgehead atoms. The summed E-state index contributed by atoms with van der Waals surface area (Å²) in [5.74, 6) is -0.212. The first-order chi connectivity index (χ1) is 7.58. The van der Waals surface area contributed by atoms with Crippen LogP contribution in [0.1, 0.15) is 10.5 Å². The van der Waals surface area contributed by atoms with Crippen molar-refractivity contribution in [3.05, 3.63) is 22.4 Å². The van der Waals surface area contributed by atoms with E-state index in [9.17, 15) is 9.59 Å². The number of nitrogens with one attached hydrogen (secondary N) is 1. The van der Waals surface area contributed by atoms with Crippen LogP contribution in [-0.4, -0.2) is 40.9 Å². The topological polar surface area (TPSA) is 54.3 Å². The fourth-order valence-electron chi connectivity index (χ4n) is 1.71. The van der Waals surface area contributed by atoms with Gasteiger partial charge in [-0.1, -0.05) is 0 Å². The van der Waals surface area contributed by atoms with Gasteiger partial charge in [-0.05, 0) is 22.0 Å². The molecule has 1 aromatic rings. The molecule has 6 heteroatoms. The van der Waals surface area contributed by atoms with E-state index in [4.69, 9.17) is 0 Å². The van der Waals surface area contributed by atoms with Crippen molar-refractivity contribution in [3.8, 4) is 0 Å². The van der Waals surface area contributed by atoms with Crippen LogP contribution in [0.4, 0.5) is 0 Å². The molecule has 1 aliphatic heterocycles. The van der Waals surface area contributed by atoms with Crippen LogP contribution >= 0.6 is 15.9 Å². The Morgan fingerprint density at radius 2 is 2.31 bits per heavy atom. The zero-order chi connectivity index (χ0) is 11.7. The molecule has 0 saturated carbocycles. The molecule has 5 nitrogen and oxygen atoms in total. The highest BCUT2D eigenvalue weighted by Crippen LogP contribution is 2.15. The summed E-state index contributed by atoms with van der Waals surface area (Å²) in [4.78, 5) is 24.8. The molecule has 1 aliphatic rings. The van der Waals surface area contributed by atoms with Gasteiger partial charge in [0.05, 0.1) is 6.54 Å². The van der Waals surface area contributed by atoms with Gasteiger partial charge < -0.3 is 14.8 Å². The Labute approximate surface area is 102 Å². The van der Waals surface area contributed by atoms with E-state index in [0.29, 0.717) is 18.8 Å². The van der Waals surface area contributed by atoms with Crippen molar-refractivity contribution >= 4 is 27.7 Å². The zero-order valence-electron chi connectivity index (χ0n) is 8.86. The van der Waals surface area contributed by atoms with E-state index in [-0.39, 0.29) is 18.4 Å². The van der Waals surface area contributed by atoms with Crippen molar-refractivity contribution in [1.29, 1.82) is 0 Å². The van der Waals surface area contributed by atoms with Crippen LogP contribution in [0.5, 0.6) is 0 Å². The lowest BCUT2D eigenvalue weighted by Crippen LogP contribution is -2.50. The van der Waals surface area contributed by atoms with Crippen LogP contribution in [-0.2, 0) is 11.8 Å². The number of piperazine rings is 1. The normalized spacial score (nSPS) is 16.1. The fraction of sp³-hybridized carbons (Fsp3) is 0.400. The fourth-order valence-corrected chi connectivity index (χ4v) is 2.23. The molecule has 0 unspecified atom stereocenters. The molecule has 2 heterocycles. The van der Waals surface area contributed by atoms with Gasteiger partial charge in [-0.15, -0.1) is 0 Å². The van der Waals surface area contributed by atoms with Crippen LogP contribution in [0, 0.1) is 0 Å². The summed E-state index contributed by atoms with van der Waals surface area (Å²) < 4.78 is 2.61. The first kappa shape index (κ1) is 11.2. The standard InChI is InChI=1S/C10H12BrN3O2/c1-13-5-7(11)4-8(13)10(16)14-3-2-12-9(15)6-14/h4-5H,2-3,6H2,1H3,(H,12,15). The third-order valence-electron chi connectivity index (χ3n) is 2.52. The van der Waals surface area contributed by atoms with Crippen LogP contribution < -0.4 is 5.32 Å². The summed E-state index contributed by atoms with van der Waals surface area (Å²) in [7, 11) is 1.81. The third kappa shape index (κ3) is 2.11. The molecular formula is C10H12BrN3O2. The molecule has 2 amide bonds. The minimum absolute atomic E-state index is 0.104. The lowest BCUT2D eigenvalue weighted by Gasteiger charge is -2.26. The second kappa shape index (κ2) is 4.29. The highest BCUT2D eigenvalue weighted by molar-refractivity contribution is 9.10. The molecule has 0 spiro atoms. The molecule has 1 saturated heterocycles. The first-order valence-corrected chi connectivity index (χ1v) is 5.75. The number of nitrogens with zero attached hydrogens (tertiary/aromatic N) is 2. The van der Waals surface area contributed by atoms with E-state index in [1.165, 1.54) is 0 Å². The molecule has 0 atom stereocenters. The summed E-state index contributed by atoms with van der Waals surface area (Å²) in [5.41, 5.74) is 0.585. The van der Waals surface area contributed by atoms with Crippen molar-refractivity contribution in [3.63, 3.8) is 0 Å². The Bertz CT molecular complexity index is 441. The van der Waals surface area contributed by atoms with Crippen molar-refractivity contribution in [1.82, 2.24) is 14.8 Å². The minimum Gasteiger partial charge on any atom is -0.353 e. The maximum absolute atomic E-state index is 12.1. The number of carbonyl (C=O) groups is 2. The van der Waals surface area contributed by atoms with Gasteiger partial charge in [0.1, 0.15) is 5.69 Å². The summed E-state index contributed by atoms with van der Waals surface area (Å²) in [5, 5.41) is 2.69. The number of hydrogen-bond acceptors (Lipinski definition) is 2. The molecule has 0 aliphatic carbocycles. The molecule has 0 aromatic carbocycles. The van der Waals surface area contributed by atoms with Crippen LogP contribution in [0.25, 0.3) is 0 Å². The summed E-state index contributed by atoms with van der Waals surface area (Å²) in [6, 6.07) is 1.76. The van der Waals surface area contributed by atoms with Crippen molar-refractivity contribution in [2.45, 2.75) is 0 Å². The second-order valence-electron chi connectivity index (χ2n) is 3.73. The maximum atomic E-state index is 12.1. The maximum Gasteiger partial charge on any atom is 0.271 e. The first-order valence-electron chi connectivity index (χ1n) is 4.96. The van der Waals surface area contributed by atoms with Crippen LogP contribution in [0.15, 0.2) is 16.7 Å². The molecular weight excluding hydrogens is 274 g/mol. The number of rotatable bonds is 1. The number of carbonyl (C=O) groups excluding carboxylic acids is 2. The van der Waals surface area contributed by atoms with Gasteiger partial charge in [-0.3, -0.25) is 9.59 Å². The Balaban J connectivity index is 2.18. The Kier molecular flexibility index (Phi) is 3.00. The summed E-state index contributed by atoms with van der Waals surface area (Å²) in [6.07, 6.45) is 1.82. The number of halogens is 1. The van der Waals surface area contributed by atoms with E-state index >= 15 is 0 Å². The van der Waals surface area contributed by atoms with Crippen molar-refractivity contribution in [2.75, 3.05) is 19.6 Å². The predicted octanol–water partition coefficient (Wildman–Crippen LogP) is 0.360. The molecule has 86 valence electrons. The second-order valence-corrected chi connectivity index (χ2v) is 4.65. The van der Waals surface area contributed by atoms with Gasteiger partial charge in [0.2, 0.25) is 5.91 Å². The highest BCUT2D eigenvalue weighted by atomic mass is 79.9. The van der Waals surface area contributed by atoms with Crippen molar-refractivity contribution < 1.29 is 9.59 Å². The number of amides is 2. The largest absolute Gasteiger partial charge is 0.353 e. The number of aryl methyl sites for hydroxylation is 1. The van der Waals surface area contributed by atoms with Crippen molar-refractivity contribution in [2.24, 2.45) is 7.05 Å². The Morgan fingerprint density at radius 3 is 2.88 bits per heavy atom. The van der Waals surface area contributed by atoms with Gasteiger partial charge >= 0.3 is 0 Å². The van der Waals surface area contributed by atoms with Crippen LogP contribution in [0.3, 0.4) is 0 Å².